The van der Waals surface area contributed by atoms with Gasteiger partial charge in [0.1, 0.15) is 22.3 Å². The van der Waals surface area contributed by atoms with E-state index in [-0.39, 0.29) is 28.1 Å². The summed E-state index contributed by atoms with van der Waals surface area (Å²) < 4.78 is 33.1. The summed E-state index contributed by atoms with van der Waals surface area (Å²) in [4.78, 5) is 18.4. The van der Waals surface area contributed by atoms with Gasteiger partial charge in [0, 0.05) is 18.5 Å². The van der Waals surface area contributed by atoms with Crippen LogP contribution in [0, 0.1) is 17.6 Å². The lowest BCUT2D eigenvalue weighted by molar-refractivity contribution is 0.0733. The molecule has 1 unspecified atom stereocenters. The van der Waals surface area contributed by atoms with E-state index in [1.54, 1.807) is 10.3 Å². The lowest BCUT2D eigenvalue weighted by Crippen LogP contribution is -2.35. The Kier molecular flexibility index (Phi) is 4.68. The maximum atomic E-state index is 13.8. The van der Waals surface area contributed by atoms with Crippen molar-refractivity contribution >= 4 is 17.2 Å². The Balaban J connectivity index is 1.85. The number of thiazole rings is 1. The summed E-state index contributed by atoms with van der Waals surface area (Å²) in [6, 6.07) is 3.65. The van der Waals surface area contributed by atoms with Gasteiger partial charge in [-0.1, -0.05) is 13.0 Å². The molecule has 0 aliphatic carbocycles. The molecule has 7 heteroatoms. The molecular formula is C16H16F2N2O2S. The molecule has 0 spiro atoms. The first-order valence-corrected chi connectivity index (χ1v) is 8.21. The molecule has 0 bridgehead atoms. The van der Waals surface area contributed by atoms with E-state index in [1.165, 1.54) is 18.2 Å². The fourth-order valence-electron chi connectivity index (χ4n) is 2.51. The summed E-state index contributed by atoms with van der Waals surface area (Å²) >= 11 is 1.06. The maximum absolute atomic E-state index is 13.8. The largest absolute Gasteiger partial charge is 0.379 e. The topological polar surface area (TPSA) is 42.4 Å². The van der Waals surface area contributed by atoms with Crippen LogP contribution in [0.1, 0.15) is 17.4 Å². The smallest absolute Gasteiger partial charge is 0.273 e. The number of nitrogens with zero attached hydrogens (tertiary/aromatic N) is 2. The van der Waals surface area contributed by atoms with Crippen LogP contribution in [0.25, 0.3) is 10.6 Å². The zero-order chi connectivity index (χ0) is 16.4. The molecule has 0 radical (unpaired) electrons. The monoisotopic (exact) mass is 338 g/mol. The first kappa shape index (κ1) is 16.0. The van der Waals surface area contributed by atoms with E-state index >= 15 is 0 Å². The number of benzene rings is 1. The van der Waals surface area contributed by atoms with Gasteiger partial charge in [0.15, 0.2) is 0 Å². The van der Waals surface area contributed by atoms with Gasteiger partial charge in [0.05, 0.1) is 18.8 Å². The van der Waals surface area contributed by atoms with Crippen LogP contribution in [0.4, 0.5) is 8.78 Å². The third-order valence-corrected chi connectivity index (χ3v) is 4.49. The minimum absolute atomic E-state index is 0.170. The molecule has 1 saturated heterocycles. The van der Waals surface area contributed by atoms with Crippen molar-refractivity contribution in [2.45, 2.75) is 6.92 Å². The molecule has 122 valence electrons. The summed E-state index contributed by atoms with van der Waals surface area (Å²) in [5, 5.41) is 1.71. The van der Waals surface area contributed by atoms with Crippen LogP contribution in [0.2, 0.25) is 0 Å². The van der Waals surface area contributed by atoms with Crippen LogP contribution < -0.4 is 0 Å². The van der Waals surface area contributed by atoms with Gasteiger partial charge in [0.25, 0.3) is 5.91 Å². The fourth-order valence-corrected chi connectivity index (χ4v) is 3.36. The van der Waals surface area contributed by atoms with Crippen LogP contribution >= 0.6 is 11.3 Å². The third kappa shape index (κ3) is 3.40. The van der Waals surface area contributed by atoms with Crippen molar-refractivity contribution in [1.29, 1.82) is 0 Å². The molecule has 1 aromatic carbocycles. The third-order valence-electron chi connectivity index (χ3n) is 3.63. The van der Waals surface area contributed by atoms with Gasteiger partial charge in [-0.3, -0.25) is 4.79 Å². The number of hydrogen-bond acceptors (Lipinski definition) is 4. The quantitative estimate of drug-likeness (QED) is 0.844. The number of hydrogen-bond donors (Lipinski definition) is 0. The first-order chi connectivity index (χ1) is 11.1. The molecule has 1 atom stereocenters. The predicted octanol–water partition coefficient (Wildman–Crippen LogP) is 3.20. The van der Waals surface area contributed by atoms with Gasteiger partial charge in [0.2, 0.25) is 0 Å². The van der Waals surface area contributed by atoms with Crippen LogP contribution in [0.5, 0.6) is 0 Å². The number of aromatic nitrogens is 1. The Morgan fingerprint density at radius 3 is 2.87 bits per heavy atom. The van der Waals surface area contributed by atoms with Crippen molar-refractivity contribution in [3.8, 4) is 10.6 Å². The zero-order valence-electron chi connectivity index (χ0n) is 12.6. The molecule has 1 fully saturated rings. The highest BCUT2D eigenvalue weighted by molar-refractivity contribution is 7.13. The number of carbonyl (C=O) groups excluding carboxylic acids is 1. The molecule has 4 nitrogen and oxygen atoms in total. The van der Waals surface area contributed by atoms with E-state index in [4.69, 9.17) is 4.74 Å². The molecule has 0 N–H and O–H groups in total. The van der Waals surface area contributed by atoms with Crippen molar-refractivity contribution in [1.82, 2.24) is 9.88 Å². The lowest BCUT2D eigenvalue weighted by atomic mass is 10.2. The summed E-state index contributed by atoms with van der Waals surface area (Å²) in [5.74, 6) is -1.37. The minimum atomic E-state index is -0.685. The van der Waals surface area contributed by atoms with Gasteiger partial charge in [-0.15, -0.1) is 11.3 Å². The minimum Gasteiger partial charge on any atom is -0.379 e. The predicted molar refractivity (Wildman–Crippen MR) is 83.4 cm³/mol. The highest BCUT2D eigenvalue weighted by Crippen LogP contribution is 2.29. The Morgan fingerprint density at radius 2 is 2.13 bits per heavy atom. The van der Waals surface area contributed by atoms with Gasteiger partial charge < -0.3 is 9.64 Å². The number of amides is 1. The Bertz CT molecular complexity index is 700. The first-order valence-electron chi connectivity index (χ1n) is 7.33. The second-order valence-electron chi connectivity index (χ2n) is 5.57. The van der Waals surface area contributed by atoms with Crippen molar-refractivity contribution in [2.24, 2.45) is 5.92 Å². The van der Waals surface area contributed by atoms with E-state index in [0.29, 0.717) is 26.3 Å². The molecule has 1 aromatic heterocycles. The van der Waals surface area contributed by atoms with Crippen LogP contribution in [-0.4, -0.2) is 42.1 Å². The van der Waals surface area contributed by atoms with Crippen LogP contribution in [-0.2, 0) is 4.74 Å². The Labute approximate surface area is 136 Å². The number of halogens is 2. The lowest BCUT2D eigenvalue weighted by Gasteiger charge is -2.20. The molecule has 23 heavy (non-hydrogen) atoms. The fraction of sp³-hybridized carbons (Fsp3) is 0.375. The molecule has 2 heterocycles. The second-order valence-corrected chi connectivity index (χ2v) is 6.42. The molecule has 1 aliphatic heterocycles. The number of rotatable bonds is 2. The normalized spacial score (nSPS) is 18.7. The van der Waals surface area contributed by atoms with E-state index in [2.05, 4.69) is 4.98 Å². The van der Waals surface area contributed by atoms with Crippen molar-refractivity contribution in [2.75, 3.05) is 26.3 Å². The van der Waals surface area contributed by atoms with Gasteiger partial charge in [-0.05, 0) is 18.1 Å². The van der Waals surface area contributed by atoms with E-state index in [1.807, 2.05) is 6.92 Å². The van der Waals surface area contributed by atoms with Crippen molar-refractivity contribution in [3.63, 3.8) is 0 Å². The zero-order valence-corrected chi connectivity index (χ0v) is 13.4. The van der Waals surface area contributed by atoms with Crippen molar-refractivity contribution < 1.29 is 18.3 Å². The summed E-state index contributed by atoms with van der Waals surface area (Å²) in [6.45, 7) is 4.18. The molecular weight excluding hydrogens is 322 g/mol. The van der Waals surface area contributed by atoms with Crippen LogP contribution in [0.3, 0.4) is 0 Å². The Hall–Kier alpha value is -1.86. The molecule has 3 rings (SSSR count). The Morgan fingerprint density at radius 1 is 1.39 bits per heavy atom. The van der Waals surface area contributed by atoms with Crippen molar-refractivity contribution in [3.05, 3.63) is 40.9 Å². The average molecular weight is 338 g/mol. The molecule has 2 aromatic rings. The highest BCUT2D eigenvalue weighted by atomic mass is 32.1. The second kappa shape index (κ2) is 6.72. The molecule has 0 saturated carbocycles. The molecule has 1 amide bonds. The van der Waals surface area contributed by atoms with Gasteiger partial charge in [-0.25, -0.2) is 13.8 Å². The van der Waals surface area contributed by atoms with E-state index in [9.17, 15) is 13.6 Å². The summed E-state index contributed by atoms with van der Waals surface area (Å²) in [5.41, 5.74) is 0.0193. The van der Waals surface area contributed by atoms with E-state index in [0.717, 1.165) is 11.3 Å². The van der Waals surface area contributed by atoms with Crippen LogP contribution in [0.15, 0.2) is 23.6 Å². The SMILES string of the molecule is CC1COCCN(C(=O)c2csc(-c3c(F)cccc3F)n2)C1. The summed E-state index contributed by atoms with van der Waals surface area (Å²) in [6.07, 6.45) is 0. The maximum Gasteiger partial charge on any atom is 0.273 e. The highest BCUT2D eigenvalue weighted by Gasteiger charge is 2.24. The van der Waals surface area contributed by atoms with Gasteiger partial charge in [-0.2, -0.15) is 0 Å². The average Bonchev–Trinajstić information content (AvgIpc) is 2.88. The standard InChI is InChI=1S/C16H16F2N2O2S/c1-10-7-20(5-6-22-8-10)16(21)13-9-23-15(19-13)14-11(17)3-2-4-12(14)18/h2-4,9-10H,5-8H2,1H3. The summed E-state index contributed by atoms with van der Waals surface area (Å²) in [7, 11) is 0. The number of ether oxygens (including phenoxy) is 1. The molecule has 1 aliphatic rings. The van der Waals surface area contributed by atoms with Gasteiger partial charge >= 0.3 is 0 Å². The number of carbonyl (C=O) groups is 1. The van der Waals surface area contributed by atoms with E-state index < -0.39 is 11.6 Å².